The summed E-state index contributed by atoms with van der Waals surface area (Å²) in [6, 6.07) is 8.89. The van der Waals surface area contributed by atoms with Gasteiger partial charge in [-0.05, 0) is 36.3 Å². The van der Waals surface area contributed by atoms with Crippen molar-refractivity contribution in [2.24, 2.45) is 0 Å². The summed E-state index contributed by atoms with van der Waals surface area (Å²) in [6.45, 7) is 3.84. The molecule has 0 radical (unpaired) electrons. The van der Waals surface area contributed by atoms with Crippen LogP contribution in [-0.2, 0) is 6.42 Å². The first-order valence-corrected chi connectivity index (χ1v) is 6.10. The van der Waals surface area contributed by atoms with Crippen LogP contribution in [0.5, 0.6) is 0 Å². The standard InChI is InChI=1S/C15H20/c1-2-8-13-11-6-7-12-15(13)14-9-4-3-5-10-14/h2,6-7,11-12,14H,1,3-5,8-10H2. The van der Waals surface area contributed by atoms with E-state index >= 15 is 0 Å². The highest BCUT2D eigenvalue weighted by Gasteiger charge is 2.17. The molecular formula is C15H20. The van der Waals surface area contributed by atoms with Crippen LogP contribution in [0, 0.1) is 0 Å². The Morgan fingerprint density at radius 1 is 1.13 bits per heavy atom. The van der Waals surface area contributed by atoms with E-state index in [1.807, 2.05) is 6.08 Å². The van der Waals surface area contributed by atoms with Gasteiger partial charge in [-0.25, -0.2) is 0 Å². The molecule has 0 saturated heterocycles. The van der Waals surface area contributed by atoms with Gasteiger partial charge in [0.2, 0.25) is 0 Å². The Bertz CT molecular complexity index is 319. The monoisotopic (exact) mass is 200 g/mol. The molecule has 0 unspecified atom stereocenters. The summed E-state index contributed by atoms with van der Waals surface area (Å²) in [7, 11) is 0. The van der Waals surface area contributed by atoms with Crippen molar-refractivity contribution in [1.29, 1.82) is 0 Å². The first-order chi connectivity index (χ1) is 7.42. The fourth-order valence-electron chi connectivity index (χ4n) is 2.69. The predicted octanol–water partition coefficient (Wildman–Crippen LogP) is 4.46. The van der Waals surface area contributed by atoms with Gasteiger partial charge in [-0.3, -0.25) is 0 Å². The van der Waals surface area contributed by atoms with Crippen molar-refractivity contribution in [1.82, 2.24) is 0 Å². The molecule has 80 valence electrons. The Balaban J connectivity index is 2.20. The predicted molar refractivity (Wildman–Crippen MR) is 66.2 cm³/mol. The van der Waals surface area contributed by atoms with E-state index in [2.05, 4.69) is 30.8 Å². The summed E-state index contributed by atoms with van der Waals surface area (Å²) in [4.78, 5) is 0. The van der Waals surface area contributed by atoms with Crippen molar-refractivity contribution in [3.05, 3.63) is 48.0 Å². The number of hydrogen-bond acceptors (Lipinski definition) is 0. The topological polar surface area (TPSA) is 0 Å². The first kappa shape index (κ1) is 10.5. The molecule has 0 nitrogen and oxygen atoms in total. The Hall–Kier alpha value is -1.04. The Labute approximate surface area is 93.0 Å². The Kier molecular flexibility index (Phi) is 3.60. The third kappa shape index (κ3) is 2.50. The summed E-state index contributed by atoms with van der Waals surface area (Å²) in [5.41, 5.74) is 3.07. The van der Waals surface area contributed by atoms with E-state index in [1.54, 1.807) is 5.56 Å². The van der Waals surface area contributed by atoms with Crippen LogP contribution in [0.25, 0.3) is 0 Å². The molecular weight excluding hydrogens is 180 g/mol. The zero-order valence-corrected chi connectivity index (χ0v) is 9.41. The third-order valence-electron chi connectivity index (χ3n) is 3.46. The number of allylic oxidation sites excluding steroid dienone is 1. The van der Waals surface area contributed by atoms with Gasteiger partial charge in [0, 0.05) is 0 Å². The van der Waals surface area contributed by atoms with Crippen LogP contribution in [0.1, 0.15) is 49.1 Å². The first-order valence-electron chi connectivity index (χ1n) is 6.10. The van der Waals surface area contributed by atoms with Gasteiger partial charge in [0.15, 0.2) is 0 Å². The minimum Gasteiger partial charge on any atom is -0.103 e. The van der Waals surface area contributed by atoms with E-state index in [0.717, 1.165) is 12.3 Å². The highest BCUT2D eigenvalue weighted by atomic mass is 14.2. The van der Waals surface area contributed by atoms with Crippen LogP contribution < -0.4 is 0 Å². The van der Waals surface area contributed by atoms with Crippen LogP contribution in [-0.4, -0.2) is 0 Å². The van der Waals surface area contributed by atoms with Crippen molar-refractivity contribution in [2.45, 2.75) is 44.4 Å². The quantitative estimate of drug-likeness (QED) is 0.632. The maximum absolute atomic E-state index is 3.84. The van der Waals surface area contributed by atoms with Crippen LogP contribution in [0.3, 0.4) is 0 Å². The van der Waals surface area contributed by atoms with E-state index in [9.17, 15) is 0 Å². The van der Waals surface area contributed by atoms with E-state index in [4.69, 9.17) is 0 Å². The summed E-state index contributed by atoms with van der Waals surface area (Å²) >= 11 is 0. The molecule has 1 aromatic rings. The molecule has 1 aromatic carbocycles. The lowest BCUT2D eigenvalue weighted by Crippen LogP contribution is -2.06. The van der Waals surface area contributed by atoms with Crippen molar-refractivity contribution < 1.29 is 0 Å². The summed E-state index contributed by atoms with van der Waals surface area (Å²) in [5.74, 6) is 0.815. The molecule has 0 heterocycles. The fraction of sp³-hybridized carbons (Fsp3) is 0.467. The second-order valence-electron chi connectivity index (χ2n) is 4.53. The van der Waals surface area contributed by atoms with Gasteiger partial charge >= 0.3 is 0 Å². The van der Waals surface area contributed by atoms with E-state index in [-0.39, 0.29) is 0 Å². The largest absolute Gasteiger partial charge is 0.103 e. The lowest BCUT2D eigenvalue weighted by Gasteiger charge is -2.24. The Morgan fingerprint density at radius 2 is 1.87 bits per heavy atom. The van der Waals surface area contributed by atoms with Crippen LogP contribution in [0.4, 0.5) is 0 Å². The molecule has 0 N–H and O–H groups in total. The molecule has 0 amide bonds. The van der Waals surface area contributed by atoms with E-state index in [0.29, 0.717) is 0 Å². The SMILES string of the molecule is C=CCc1ccccc1C1CCCCC1. The highest BCUT2D eigenvalue weighted by Crippen LogP contribution is 2.34. The molecule has 0 spiro atoms. The second-order valence-corrected chi connectivity index (χ2v) is 4.53. The van der Waals surface area contributed by atoms with Gasteiger partial charge in [-0.15, -0.1) is 6.58 Å². The Morgan fingerprint density at radius 3 is 2.60 bits per heavy atom. The van der Waals surface area contributed by atoms with Gasteiger partial charge in [-0.2, -0.15) is 0 Å². The number of hydrogen-bond donors (Lipinski definition) is 0. The molecule has 0 aliphatic heterocycles. The average Bonchev–Trinajstić information content (AvgIpc) is 2.31. The minimum absolute atomic E-state index is 0.815. The van der Waals surface area contributed by atoms with Gasteiger partial charge < -0.3 is 0 Å². The van der Waals surface area contributed by atoms with Crippen LogP contribution in [0.2, 0.25) is 0 Å². The van der Waals surface area contributed by atoms with Crippen LogP contribution in [0.15, 0.2) is 36.9 Å². The zero-order chi connectivity index (χ0) is 10.5. The smallest absolute Gasteiger partial charge is 0.00973 e. The maximum atomic E-state index is 3.84. The fourth-order valence-corrected chi connectivity index (χ4v) is 2.69. The lowest BCUT2D eigenvalue weighted by molar-refractivity contribution is 0.442. The van der Waals surface area contributed by atoms with Gasteiger partial charge in [0.1, 0.15) is 0 Å². The number of benzene rings is 1. The molecule has 0 atom stereocenters. The molecule has 1 fully saturated rings. The third-order valence-corrected chi connectivity index (χ3v) is 3.46. The molecule has 2 rings (SSSR count). The number of rotatable bonds is 3. The van der Waals surface area contributed by atoms with Crippen molar-refractivity contribution in [3.63, 3.8) is 0 Å². The van der Waals surface area contributed by atoms with E-state index in [1.165, 1.54) is 37.7 Å². The molecule has 1 saturated carbocycles. The zero-order valence-electron chi connectivity index (χ0n) is 9.41. The second kappa shape index (κ2) is 5.16. The van der Waals surface area contributed by atoms with Crippen molar-refractivity contribution >= 4 is 0 Å². The molecule has 15 heavy (non-hydrogen) atoms. The maximum Gasteiger partial charge on any atom is -0.00973 e. The molecule has 0 aromatic heterocycles. The van der Waals surface area contributed by atoms with Crippen molar-refractivity contribution in [3.8, 4) is 0 Å². The van der Waals surface area contributed by atoms with Crippen molar-refractivity contribution in [2.75, 3.05) is 0 Å². The highest BCUT2D eigenvalue weighted by molar-refractivity contribution is 5.32. The lowest BCUT2D eigenvalue weighted by atomic mass is 9.81. The molecule has 0 bridgehead atoms. The van der Waals surface area contributed by atoms with Gasteiger partial charge in [0.05, 0.1) is 0 Å². The molecule has 1 aliphatic rings. The molecule has 0 heteroatoms. The minimum atomic E-state index is 0.815. The van der Waals surface area contributed by atoms with E-state index < -0.39 is 0 Å². The van der Waals surface area contributed by atoms with Gasteiger partial charge in [-0.1, -0.05) is 49.6 Å². The normalized spacial score (nSPS) is 17.6. The summed E-state index contributed by atoms with van der Waals surface area (Å²) < 4.78 is 0. The van der Waals surface area contributed by atoms with Gasteiger partial charge in [0.25, 0.3) is 0 Å². The van der Waals surface area contributed by atoms with Crippen LogP contribution >= 0.6 is 0 Å². The summed E-state index contributed by atoms with van der Waals surface area (Å²) in [6.07, 6.45) is 10.1. The molecule has 1 aliphatic carbocycles. The summed E-state index contributed by atoms with van der Waals surface area (Å²) in [5, 5.41) is 0. The average molecular weight is 200 g/mol.